The standard InChI is InChI=1S/C15H22N2O4/c1-4-17(5-2)15(19)9-16(3)8-11-6-13-14(7-12(11)18)21-10-20-13/h6-7,18H,4-5,8-10H2,1-3H3. The van der Waals surface area contributed by atoms with Gasteiger partial charge in [0.05, 0.1) is 6.54 Å². The zero-order valence-corrected chi connectivity index (χ0v) is 12.8. The predicted molar refractivity (Wildman–Crippen MR) is 78.5 cm³/mol. The quantitative estimate of drug-likeness (QED) is 0.860. The minimum Gasteiger partial charge on any atom is -0.507 e. The first kappa shape index (κ1) is 15.4. The SMILES string of the molecule is CCN(CC)C(=O)CN(C)Cc1cc2c(cc1O)OCO2. The molecule has 0 unspecified atom stereocenters. The van der Waals surface area contributed by atoms with Crippen LogP contribution in [0.25, 0.3) is 0 Å². The average molecular weight is 294 g/mol. The number of carbonyl (C=O) groups excluding carboxylic acids is 1. The third-order valence-corrected chi connectivity index (χ3v) is 3.54. The summed E-state index contributed by atoms with van der Waals surface area (Å²) in [5, 5.41) is 10.0. The smallest absolute Gasteiger partial charge is 0.236 e. The summed E-state index contributed by atoms with van der Waals surface area (Å²) in [5.74, 6) is 1.42. The predicted octanol–water partition coefficient (Wildman–Crippen LogP) is 1.42. The van der Waals surface area contributed by atoms with E-state index in [1.54, 1.807) is 17.0 Å². The van der Waals surface area contributed by atoms with Gasteiger partial charge in [-0.05, 0) is 27.0 Å². The van der Waals surface area contributed by atoms with E-state index < -0.39 is 0 Å². The lowest BCUT2D eigenvalue weighted by atomic mass is 10.1. The number of ether oxygens (including phenoxy) is 2. The van der Waals surface area contributed by atoms with Crippen LogP contribution >= 0.6 is 0 Å². The number of benzene rings is 1. The van der Waals surface area contributed by atoms with Gasteiger partial charge in [-0.15, -0.1) is 0 Å². The molecule has 0 atom stereocenters. The van der Waals surface area contributed by atoms with Crippen molar-refractivity contribution >= 4 is 5.91 Å². The fourth-order valence-electron chi connectivity index (χ4n) is 2.35. The Labute approximate surface area is 124 Å². The summed E-state index contributed by atoms with van der Waals surface area (Å²) in [4.78, 5) is 15.7. The Hall–Kier alpha value is -1.95. The molecule has 1 N–H and O–H groups in total. The number of phenols is 1. The van der Waals surface area contributed by atoms with Crippen LogP contribution in [0.5, 0.6) is 17.2 Å². The van der Waals surface area contributed by atoms with Crippen LogP contribution in [0.2, 0.25) is 0 Å². The fraction of sp³-hybridized carbons (Fsp3) is 0.533. The Morgan fingerprint density at radius 1 is 1.24 bits per heavy atom. The maximum Gasteiger partial charge on any atom is 0.236 e. The van der Waals surface area contributed by atoms with Crippen LogP contribution in [0, 0.1) is 0 Å². The summed E-state index contributed by atoms with van der Waals surface area (Å²) in [6, 6.07) is 3.31. The molecule has 1 heterocycles. The van der Waals surface area contributed by atoms with Gasteiger partial charge in [0.1, 0.15) is 5.75 Å². The lowest BCUT2D eigenvalue weighted by Crippen LogP contribution is -2.38. The van der Waals surface area contributed by atoms with Gasteiger partial charge in [0, 0.05) is 31.3 Å². The van der Waals surface area contributed by atoms with E-state index in [0.29, 0.717) is 43.2 Å². The molecule has 1 aromatic rings. The number of nitrogens with zero attached hydrogens (tertiary/aromatic N) is 2. The van der Waals surface area contributed by atoms with Crippen molar-refractivity contribution in [3.63, 3.8) is 0 Å². The zero-order chi connectivity index (χ0) is 15.4. The van der Waals surface area contributed by atoms with E-state index in [1.165, 1.54) is 0 Å². The first-order valence-corrected chi connectivity index (χ1v) is 7.13. The van der Waals surface area contributed by atoms with Gasteiger partial charge in [-0.1, -0.05) is 0 Å². The highest BCUT2D eigenvalue weighted by Crippen LogP contribution is 2.37. The second-order valence-corrected chi connectivity index (χ2v) is 5.07. The topological polar surface area (TPSA) is 62.2 Å². The van der Waals surface area contributed by atoms with Crippen molar-refractivity contribution in [3.05, 3.63) is 17.7 Å². The molecule has 0 saturated carbocycles. The van der Waals surface area contributed by atoms with E-state index in [1.807, 2.05) is 25.8 Å². The van der Waals surface area contributed by atoms with E-state index in [2.05, 4.69) is 0 Å². The van der Waals surface area contributed by atoms with Gasteiger partial charge in [0.15, 0.2) is 11.5 Å². The molecule has 0 aromatic heterocycles. The monoisotopic (exact) mass is 294 g/mol. The van der Waals surface area contributed by atoms with Gasteiger partial charge < -0.3 is 19.5 Å². The number of carbonyl (C=O) groups is 1. The van der Waals surface area contributed by atoms with Crippen LogP contribution in [0.3, 0.4) is 0 Å². The molecule has 1 aromatic carbocycles. The van der Waals surface area contributed by atoms with Crippen molar-refractivity contribution in [1.29, 1.82) is 0 Å². The number of amides is 1. The molecule has 21 heavy (non-hydrogen) atoms. The number of fused-ring (bicyclic) bond motifs is 1. The second kappa shape index (κ2) is 6.67. The summed E-state index contributed by atoms with van der Waals surface area (Å²) in [6.45, 7) is 6.30. The Kier molecular flexibility index (Phi) is 4.90. The molecule has 1 aliphatic rings. The highest BCUT2D eigenvalue weighted by Gasteiger charge is 2.19. The minimum absolute atomic E-state index is 0.0859. The largest absolute Gasteiger partial charge is 0.507 e. The third-order valence-electron chi connectivity index (χ3n) is 3.54. The van der Waals surface area contributed by atoms with Crippen molar-refractivity contribution < 1.29 is 19.4 Å². The van der Waals surface area contributed by atoms with Crippen molar-refractivity contribution in [2.75, 3.05) is 33.5 Å². The Morgan fingerprint density at radius 2 is 1.86 bits per heavy atom. The molecule has 0 aliphatic carbocycles. The highest BCUT2D eigenvalue weighted by molar-refractivity contribution is 5.78. The molecule has 2 rings (SSSR count). The normalized spacial score (nSPS) is 12.8. The fourth-order valence-corrected chi connectivity index (χ4v) is 2.35. The van der Waals surface area contributed by atoms with Crippen LogP contribution in [-0.2, 0) is 11.3 Å². The van der Waals surface area contributed by atoms with Gasteiger partial charge >= 0.3 is 0 Å². The average Bonchev–Trinajstić information content (AvgIpc) is 2.87. The first-order valence-electron chi connectivity index (χ1n) is 7.13. The van der Waals surface area contributed by atoms with Crippen molar-refractivity contribution in [2.45, 2.75) is 20.4 Å². The van der Waals surface area contributed by atoms with Gasteiger partial charge in [-0.3, -0.25) is 9.69 Å². The number of rotatable bonds is 6. The van der Waals surface area contributed by atoms with Gasteiger partial charge in [0.2, 0.25) is 12.7 Å². The van der Waals surface area contributed by atoms with E-state index in [0.717, 1.165) is 0 Å². The molecule has 6 heteroatoms. The molecule has 6 nitrogen and oxygen atoms in total. The number of phenolic OH excluding ortho intramolecular Hbond substituents is 1. The molecule has 0 bridgehead atoms. The van der Waals surface area contributed by atoms with Gasteiger partial charge in [-0.2, -0.15) is 0 Å². The number of likely N-dealkylation sites (N-methyl/N-ethyl adjacent to an activating group) is 2. The lowest BCUT2D eigenvalue weighted by molar-refractivity contribution is -0.131. The Bertz CT molecular complexity index is 515. The lowest BCUT2D eigenvalue weighted by Gasteiger charge is -2.23. The molecular formula is C15H22N2O4. The van der Waals surface area contributed by atoms with Crippen LogP contribution in [0.15, 0.2) is 12.1 Å². The summed E-state index contributed by atoms with van der Waals surface area (Å²) in [5.41, 5.74) is 0.717. The van der Waals surface area contributed by atoms with Crippen LogP contribution in [0.4, 0.5) is 0 Å². The maximum absolute atomic E-state index is 12.1. The number of hydrogen-bond acceptors (Lipinski definition) is 5. The molecule has 116 valence electrons. The maximum atomic E-state index is 12.1. The van der Waals surface area contributed by atoms with E-state index in [4.69, 9.17) is 9.47 Å². The second-order valence-electron chi connectivity index (χ2n) is 5.07. The molecule has 1 amide bonds. The highest BCUT2D eigenvalue weighted by atomic mass is 16.7. The summed E-state index contributed by atoms with van der Waals surface area (Å²) >= 11 is 0. The molecule has 0 saturated heterocycles. The minimum atomic E-state index is 0.0859. The summed E-state index contributed by atoms with van der Waals surface area (Å²) in [6.07, 6.45) is 0. The van der Waals surface area contributed by atoms with E-state index in [-0.39, 0.29) is 18.4 Å². The third kappa shape index (κ3) is 3.58. The molecular weight excluding hydrogens is 272 g/mol. The molecule has 0 fully saturated rings. The van der Waals surface area contributed by atoms with Gasteiger partial charge in [0.25, 0.3) is 0 Å². The van der Waals surface area contributed by atoms with Crippen LogP contribution < -0.4 is 9.47 Å². The van der Waals surface area contributed by atoms with E-state index in [9.17, 15) is 9.90 Å². The molecule has 0 radical (unpaired) electrons. The van der Waals surface area contributed by atoms with Gasteiger partial charge in [-0.25, -0.2) is 0 Å². The van der Waals surface area contributed by atoms with E-state index >= 15 is 0 Å². The molecule has 1 aliphatic heterocycles. The van der Waals surface area contributed by atoms with Crippen LogP contribution in [0.1, 0.15) is 19.4 Å². The van der Waals surface area contributed by atoms with Crippen molar-refractivity contribution in [2.24, 2.45) is 0 Å². The zero-order valence-electron chi connectivity index (χ0n) is 12.8. The summed E-state index contributed by atoms with van der Waals surface area (Å²) < 4.78 is 10.5. The van der Waals surface area contributed by atoms with Crippen molar-refractivity contribution in [3.8, 4) is 17.2 Å². The van der Waals surface area contributed by atoms with Crippen LogP contribution in [-0.4, -0.2) is 54.3 Å². The Balaban J connectivity index is 2.00. The first-order chi connectivity index (χ1) is 10.0. The number of aromatic hydroxyl groups is 1. The summed E-state index contributed by atoms with van der Waals surface area (Å²) in [7, 11) is 1.85. The Morgan fingerprint density at radius 3 is 2.48 bits per heavy atom. The number of hydrogen-bond donors (Lipinski definition) is 1. The molecule has 0 spiro atoms. The van der Waals surface area contributed by atoms with Crippen molar-refractivity contribution in [1.82, 2.24) is 9.80 Å².